The minimum atomic E-state index is -1.05. The maximum Gasteiger partial charge on any atom is 0.267 e. The van der Waals surface area contributed by atoms with Gasteiger partial charge in [0.1, 0.15) is 35.5 Å². The Hall–Kier alpha value is -2.94. The molecule has 1 fully saturated rings. The third-order valence-electron chi connectivity index (χ3n) is 5.21. The van der Waals surface area contributed by atoms with Gasteiger partial charge in [0.15, 0.2) is 0 Å². The van der Waals surface area contributed by atoms with Crippen molar-refractivity contribution in [3.8, 4) is 0 Å². The number of hydrogen-bond donors (Lipinski definition) is 3. The van der Waals surface area contributed by atoms with Gasteiger partial charge in [0.2, 0.25) is 0 Å². The summed E-state index contributed by atoms with van der Waals surface area (Å²) in [6, 6.07) is 2.69. The van der Waals surface area contributed by atoms with E-state index in [2.05, 4.69) is 10.3 Å². The number of rotatable bonds is 8. The molecule has 1 aromatic heterocycles. The van der Waals surface area contributed by atoms with Gasteiger partial charge in [0.25, 0.3) is 5.91 Å². The number of H-pyrrole nitrogens is 1. The molecule has 0 saturated carbocycles. The van der Waals surface area contributed by atoms with Gasteiger partial charge < -0.3 is 15.0 Å². The van der Waals surface area contributed by atoms with Crippen molar-refractivity contribution in [2.45, 2.75) is 34.1 Å². The van der Waals surface area contributed by atoms with Crippen LogP contribution in [0.4, 0.5) is 13.2 Å². The molecule has 1 aliphatic heterocycles. The van der Waals surface area contributed by atoms with Gasteiger partial charge in [0, 0.05) is 46.8 Å². The predicted octanol–water partition coefficient (Wildman–Crippen LogP) is 6.00. The topological polar surface area (TPSA) is 81.3 Å². The summed E-state index contributed by atoms with van der Waals surface area (Å²) < 4.78 is 47.3. The van der Waals surface area contributed by atoms with Crippen LogP contribution in [-0.2, 0) is 4.74 Å². The third-order valence-corrected chi connectivity index (χ3v) is 6.64. The molecule has 9 heteroatoms. The average Bonchev–Trinajstić information content (AvgIpc) is 3.47. The number of thioether (sulfide) groups is 1. The molecule has 1 aliphatic rings. The van der Waals surface area contributed by atoms with Gasteiger partial charge in [-0.25, -0.2) is 13.2 Å². The van der Waals surface area contributed by atoms with E-state index in [1.165, 1.54) is 24.0 Å². The highest BCUT2D eigenvalue weighted by Gasteiger charge is 2.29. The van der Waals surface area contributed by atoms with Crippen molar-refractivity contribution in [3.63, 3.8) is 0 Å². The molecule has 1 saturated heterocycles. The molecule has 3 N–H and O–H groups in total. The lowest BCUT2D eigenvalue weighted by Gasteiger charge is -2.14. The minimum Gasteiger partial charge on any atom is -0.486 e. The molecule has 0 radical (unpaired) electrons. The van der Waals surface area contributed by atoms with Gasteiger partial charge in [-0.1, -0.05) is 38.1 Å². The number of hydrogen-bond acceptors (Lipinski definition) is 4. The Morgan fingerprint density at radius 3 is 2.42 bits per heavy atom. The number of benzene rings is 1. The molecule has 0 bridgehead atoms. The zero-order valence-corrected chi connectivity index (χ0v) is 19.7. The molecule has 0 atom stereocenters. The number of epoxide rings is 1. The quantitative estimate of drug-likeness (QED) is 0.248. The Morgan fingerprint density at radius 1 is 1.24 bits per heavy atom. The summed E-state index contributed by atoms with van der Waals surface area (Å²) in [6.45, 7) is 8.31. The fourth-order valence-corrected chi connectivity index (χ4v) is 4.02. The smallest absolute Gasteiger partial charge is 0.267 e. The molecular formula is C24H26F3N3O2S. The van der Waals surface area contributed by atoms with Crippen LogP contribution in [0, 0.1) is 28.8 Å². The van der Waals surface area contributed by atoms with Crippen LogP contribution in [0.5, 0.6) is 0 Å². The predicted molar refractivity (Wildman–Crippen MR) is 125 cm³/mol. The zero-order valence-electron chi connectivity index (χ0n) is 18.9. The highest BCUT2D eigenvalue weighted by atomic mass is 32.2. The molecule has 0 spiro atoms. The molecule has 1 amide bonds. The van der Waals surface area contributed by atoms with Crippen molar-refractivity contribution in [3.05, 3.63) is 74.9 Å². The highest BCUT2D eigenvalue weighted by molar-refractivity contribution is 8.17. The van der Waals surface area contributed by atoms with E-state index >= 15 is 0 Å². The van der Waals surface area contributed by atoms with E-state index in [-0.39, 0.29) is 30.3 Å². The normalized spacial score (nSPS) is 15.2. The van der Waals surface area contributed by atoms with E-state index in [9.17, 15) is 18.0 Å². The number of amides is 1. The monoisotopic (exact) mass is 477 g/mol. The van der Waals surface area contributed by atoms with Crippen molar-refractivity contribution in [2.24, 2.45) is 5.92 Å². The number of nitrogens with one attached hydrogen (secondary N) is 3. The van der Waals surface area contributed by atoms with Gasteiger partial charge in [-0.2, -0.15) is 0 Å². The summed E-state index contributed by atoms with van der Waals surface area (Å²) in [5, 5.41) is 11.5. The van der Waals surface area contributed by atoms with Crippen LogP contribution >= 0.6 is 11.8 Å². The molecule has 0 unspecified atom stereocenters. The first-order valence-electron chi connectivity index (χ1n) is 10.5. The number of aromatic amines is 1. The zero-order chi connectivity index (χ0) is 24.3. The van der Waals surface area contributed by atoms with Gasteiger partial charge in [-0.05, 0) is 19.4 Å². The largest absolute Gasteiger partial charge is 0.486 e. The van der Waals surface area contributed by atoms with Crippen LogP contribution in [0.1, 0.15) is 55.7 Å². The van der Waals surface area contributed by atoms with Crippen LogP contribution in [0.3, 0.4) is 0 Å². The average molecular weight is 478 g/mol. The molecule has 3 rings (SSSR count). The number of halogens is 3. The number of carbonyl (C=O) groups excluding carboxylic acids is 1. The van der Waals surface area contributed by atoms with Crippen LogP contribution in [0.2, 0.25) is 0 Å². The summed E-state index contributed by atoms with van der Waals surface area (Å²) in [7, 11) is 0. The molecule has 0 aliphatic carbocycles. The van der Waals surface area contributed by atoms with E-state index in [0.717, 1.165) is 16.9 Å². The van der Waals surface area contributed by atoms with Crippen LogP contribution < -0.4 is 5.32 Å². The highest BCUT2D eigenvalue weighted by Crippen LogP contribution is 2.37. The standard InChI is InChI=1S/C24H26F3N3O2S/c1-5-13(4)20(33-23(28)12(2)3)10-30-24(31)18-6-14(9-29-18)21(19-11-32-19)22-16(26)7-15(25)8-17(22)27/h6-9,12,28-29H,5,10-11H2,1-4H3,(H,30,31)/b20-13+,21-19-,28-23?. The molecule has 2 aromatic rings. The van der Waals surface area contributed by atoms with Crippen molar-refractivity contribution >= 4 is 28.3 Å². The maximum atomic E-state index is 14.4. The maximum absolute atomic E-state index is 14.4. The molecule has 33 heavy (non-hydrogen) atoms. The first kappa shape index (κ1) is 24.7. The SMILES string of the molecule is CC/C(C)=C(\CNC(=O)c1cc(/C(=C2\CO2)c2c(F)cc(F)cc2F)c[nH]1)SC(=N)C(C)C. The summed E-state index contributed by atoms with van der Waals surface area (Å²) in [6.07, 6.45) is 2.25. The van der Waals surface area contributed by atoms with Crippen molar-refractivity contribution in [1.29, 1.82) is 5.41 Å². The van der Waals surface area contributed by atoms with E-state index in [0.29, 0.717) is 28.5 Å². The Bertz CT molecular complexity index is 1120. The third kappa shape index (κ3) is 5.90. The molecular weight excluding hydrogens is 451 g/mol. The van der Waals surface area contributed by atoms with E-state index in [1.54, 1.807) is 0 Å². The fraction of sp³-hybridized carbons (Fsp3) is 0.333. The van der Waals surface area contributed by atoms with Crippen molar-refractivity contribution < 1.29 is 22.7 Å². The molecule has 5 nitrogen and oxygen atoms in total. The Balaban J connectivity index is 1.80. The molecule has 2 heterocycles. The Morgan fingerprint density at radius 2 is 1.88 bits per heavy atom. The summed E-state index contributed by atoms with van der Waals surface area (Å²) in [4.78, 5) is 16.5. The van der Waals surface area contributed by atoms with Crippen molar-refractivity contribution in [1.82, 2.24) is 10.3 Å². The second kappa shape index (κ2) is 10.3. The second-order valence-corrected chi connectivity index (χ2v) is 9.13. The summed E-state index contributed by atoms with van der Waals surface area (Å²) in [5.74, 6) is -3.07. The van der Waals surface area contributed by atoms with Gasteiger partial charge >= 0.3 is 0 Å². The van der Waals surface area contributed by atoms with Gasteiger partial charge in [0.05, 0.1) is 10.6 Å². The fourth-order valence-electron chi connectivity index (χ4n) is 3.05. The Kier molecular flexibility index (Phi) is 7.73. The van der Waals surface area contributed by atoms with Crippen LogP contribution in [0.25, 0.3) is 5.57 Å². The van der Waals surface area contributed by atoms with Crippen molar-refractivity contribution in [2.75, 3.05) is 13.2 Å². The Labute approximate surface area is 195 Å². The van der Waals surface area contributed by atoms with Crippen LogP contribution in [-0.4, -0.2) is 29.1 Å². The number of carbonyl (C=O) groups is 1. The van der Waals surface area contributed by atoms with Gasteiger partial charge in [-0.3, -0.25) is 10.2 Å². The first-order chi connectivity index (χ1) is 15.6. The number of allylic oxidation sites excluding steroid dienone is 1. The van der Waals surface area contributed by atoms with E-state index in [1.807, 2.05) is 27.7 Å². The van der Waals surface area contributed by atoms with E-state index < -0.39 is 28.9 Å². The van der Waals surface area contributed by atoms with Crippen LogP contribution in [0.15, 0.2) is 40.6 Å². The molecule has 176 valence electrons. The molecule has 1 aromatic carbocycles. The lowest BCUT2D eigenvalue weighted by Crippen LogP contribution is -2.26. The first-order valence-corrected chi connectivity index (χ1v) is 11.4. The lowest BCUT2D eigenvalue weighted by molar-refractivity contribution is 0.0953. The second-order valence-electron chi connectivity index (χ2n) is 7.99. The van der Waals surface area contributed by atoms with Gasteiger partial charge in [-0.15, -0.1) is 0 Å². The summed E-state index contributed by atoms with van der Waals surface area (Å²) >= 11 is 1.35. The van der Waals surface area contributed by atoms with E-state index in [4.69, 9.17) is 10.1 Å². The summed E-state index contributed by atoms with van der Waals surface area (Å²) in [5.41, 5.74) is 1.38. The number of aromatic nitrogens is 1. The lowest BCUT2D eigenvalue weighted by atomic mass is 9.98. The number of ether oxygens (including phenoxy) is 1. The minimum absolute atomic E-state index is 0.0830.